The van der Waals surface area contributed by atoms with Crippen LogP contribution in [0.15, 0.2) is 36.1 Å². The van der Waals surface area contributed by atoms with E-state index in [2.05, 4.69) is 14.9 Å². The minimum atomic E-state index is 0.213. The van der Waals surface area contributed by atoms with Crippen molar-refractivity contribution in [1.82, 2.24) is 14.9 Å². The molecule has 2 aromatic rings. The van der Waals surface area contributed by atoms with Gasteiger partial charge in [0.1, 0.15) is 0 Å². The lowest BCUT2D eigenvalue weighted by Crippen LogP contribution is -2.53. The average Bonchev–Trinajstić information content (AvgIpc) is 3.14. The Morgan fingerprint density at radius 2 is 2.04 bits per heavy atom. The van der Waals surface area contributed by atoms with E-state index >= 15 is 0 Å². The zero-order valence-corrected chi connectivity index (χ0v) is 14.5. The van der Waals surface area contributed by atoms with E-state index in [9.17, 15) is 4.79 Å². The van der Waals surface area contributed by atoms with Gasteiger partial charge in [0.05, 0.1) is 0 Å². The maximum Gasteiger partial charge on any atom is 0.222 e. The predicted molar refractivity (Wildman–Crippen MR) is 94.9 cm³/mol. The number of nitrogens with zero attached hydrogens (tertiary/aromatic N) is 4. The number of aromatic nitrogens is 2. The topological polar surface area (TPSA) is 49.3 Å². The van der Waals surface area contributed by atoms with Crippen LogP contribution < -0.4 is 4.90 Å². The highest BCUT2D eigenvalue weighted by molar-refractivity contribution is 7.13. The van der Waals surface area contributed by atoms with Crippen LogP contribution in [0.1, 0.15) is 31.2 Å². The summed E-state index contributed by atoms with van der Waals surface area (Å²) in [5.74, 6) is 0.281. The van der Waals surface area contributed by atoms with Gasteiger partial charge in [0, 0.05) is 62.0 Å². The average molecular weight is 342 g/mol. The van der Waals surface area contributed by atoms with Crippen molar-refractivity contribution in [2.45, 2.75) is 32.2 Å². The van der Waals surface area contributed by atoms with Crippen molar-refractivity contribution in [3.8, 4) is 0 Å². The van der Waals surface area contributed by atoms with Crippen LogP contribution in [0.4, 0.5) is 5.13 Å². The Morgan fingerprint density at radius 1 is 1.17 bits per heavy atom. The molecule has 1 spiro atoms. The molecule has 4 rings (SSSR count). The number of carbonyl (C=O) groups excluding carboxylic acids is 1. The standard InChI is InChI=1S/C18H22N4OS/c23-16-2-6-18(14-22(16)12-15-3-7-19-8-4-15)5-1-10-21(13-18)17-20-9-11-24-17/h3-4,7-9,11H,1-2,5-6,10,12-14H2/t18-/m0/s1. The van der Waals surface area contributed by atoms with E-state index in [1.54, 1.807) is 23.7 Å². The molecule has 2 aliphatic heterocycles. The van der Waals surface area contributed by atoms with Crippen molar-refractivity contribution >= 4 is 22.4 Å². The number of piperidine rings is 2. The lowest BCUT2D eigenvalue weighted by molar-refractivity contribution is -0.138. The van der Waals surface area contributed by atoms with E-state index in [-0.39, 0.29) is 11.3 Å². The van der Waals surface area contributed by atoms with E-state index in [4.69, 9.17) is 0 Å². The highest BCUT2D eigenvalue weighted by atomic mass is 32.1. The molecule has 2 aromatic heterocycles. The fraction of sp³-hybridized carbons (Fsp3) is 0.500. The summed E-state index contributed by atoms with van der Waals surface area (Å²) in [7, 11) is 0. The Balaban J connectivity index is 1.49. The largest absolute Gasteiger partial charge is 0.347 e. The van der Waals surface area contributed by atoms with Gasteiger partial charge in [-0.25, -0.2) is 4.98 Å². The monoisotopic (exact) mass is 342 g/mol. The van der Waals surface area contributed by atoms with Gasteiger partial charge in [-0.2, -0.15) is 0 Å². The van der Waals surface area contributed by atoms with Gasteiger partial charge < -0.3 is 9.80 Å². The molecule has 2 fully saturated rings. The summed E-state index contributed by atoms with van der Waals surface area (Å²) < 4.78 is 0. The number of amides is 1. The van der Waals surface area contributed by atoms with E-state index < -0.39 is 0 Å². The van der Waals surface area contributed by atoms with Gasteiger partial charge in [-0.3, -0.25) is 9.78 Å². The molecule has 24 heavy (non-hydrogen) atoms. The number of anilines is 1. The fourth-order valence-corrected chi connectivity index (χ4v) is 4.70. The summed E-state index contributed by atoms with van der Waals surface area (Å²) in [4.78, 5) is 25.4. The van der Waals surface area contributed by atoms with Crippen LogP contribution in [-0.4, -0.2) is 40.4 Å². The van der Waals surface area contributed by atoms with Crippen molar-refractivity contribution in [2.24, 2.45) is 5.41 Å². The van der Waals surface area contributed by atoms with Crippen molar-refractivity contribution in [1.29, 1.82) is 0 Å². The Morgan fingerprint density at radius 3 is 2.83 bits per heavy atom. The first-order chi connectivity index (χ1) is 11.7. The van der Waals surface area contributed by atoms with Crippen LogP contribution in [0.3, 0.4) is 0 Å². The maximum absolute atomic E-state index is 12.4. The normalized spacial score (nSPS) is 24.6. The number of likely N-dealkylation sites (tertiary alicyclic amines) is 1. The zero-order chi connectivity index (χ0) is 16.4. The molecule has 4 heterocycles. The molecule has 0 bridgehead atoms. The second kappa shape index (κ2) is 6.51. The van der Waals surface area contributed by atoms with Gasteiger partial charge in [0.25, 0.3) is 0 Å². The molecule has 0 aromatic carbocycles. The Hall–Kier alpha value is -1.95. The number of rotatable bonds is 3. The Bertz CT molecular complexity index is 690. The minimum absolute atomic E-state index is 0.213. The van der Waals surface area contributed by atoms with E-state index in [0.29, 0.717) is 13.0 Å². The number of thiazole rings is 1. The molecule has 0 unspecified atom stereocenters. The zero-order valence-electron chi connectivity index (χ0n) is 13.7. The number of carbonyl (C=O) groups is 1. The molecule has 126 valence electrons. The fourth-order valence-electron chi connectivity index (χ4n) is 4.03. The molecular formula is C18H22N4OS. The summed E-state index contributed by atoms with van der Waals surface area (Å²) in [5, 5.41) is 3.16. The van der Waals surface area contributed by atoms with Gasteiger partial charge in [-0.05, 0) is 37.0 Å². The third-order valence-corrected chi connectivity index (χ3v) is 6.05. The predicted octanol–water partition coefficient (Wildman–Crippen LogP) is 2.95. The summed E-state index contributed by atoms with van der Waals surface area (Å²) in [6.45, 7) is 3.64. The molecule has 2 aliphatic rings. The quantitative estimate of drug-likeness (QED) is 0.860. The van der Waals surface area contributed by atoms with Crippen LogP contribution >= 0.6 is 11.3 Å². The maximum atomic E-state index is 12.4. The highest BCUT2D eigenvalue weighted by Crippen LogP contribution is 2.40. The number of hydrogen-bond acceptors (Lipinski definition) is 5. The molecule has 2 saturated heterocycles. The lowest BCUT2D eigenvalue weighted by Gasteiger charge is -2.48. The third-order valence-electron chi connectivity index (χ3n) is 5.22. The first-order valence-corrected chi connectivity index (χ1v) is 9.43. The van der Waals surface area contributed by atoms with E-state index in [1.807, 2.05) is 28.6 Å². The second-order valence-electron chi connectivity index (χ2n) is 6.95. The van der Waals surface area contributed by atoms with Crippen molar-refractivity contribution in [3.63, 3.8) is 0 Å². The minimum Gasteiger partial charge on any atom is -0.347 e. The van der Waals surface area contributed by atoms with Crippen LogP contribution in [0.25, 0.3) is 0 Å². The van der Waals surface area contributed by atoms with Gasteiger partial charge in [0.2, 0.25) is 5.91 Å². The molecule has 0 saturated carbocycles. The third kappa shape index (κ3) is 3.15. The van der Waals surface area contributed by atoms with Crippen LogP contribution in [0, 0.1) is 5.41 Å². The van der Waals surface area contributed by atoms with Crippen LogP contribution in [-0.2, 0) is 11.3 Å². The summed E-state index contributed by atoms with van der Waals surface area (Å²) >= 11 is 1.71. The van der Waals surface area contributed by atoms with Crippen molar-refractivity contribution < 1.29 is 4.79 Å². The van der Waals surface area contributed by atoms with Gasteiger partial charge in [0.15, 0.2) is 5.13 Å². The first-order valence-electron chi connectivity index (χ1n) is 8.55. The molecule has 0 radical (unpaired) electrons. The van der Waals surface area contributed by atoms with Crippen molar-refractivity contribution in [2.75, 3.05) is 24.5 Å². The summed E-state index contributed by atoms with van der Waals surface area (Å²) in [6.07, 6.45) is 9.51. The Labute approximate surface area is 146 Å². The SMILES string of the molecule is O=C1CC[C@]2(CCCN(c3nccs3)C2)CN1Cc1ccncc1. The highest BCUT2D eigenvalue weighted by Gasteiger charge is 2.42. The number of hydrogen-bond donors (Lipinski definition) is 0. The van der Waals surface area contributed by atoms with E-state index in [1.165, 1.54) is 12.8 Å². The first kappa shape index (κ1) is 15.6. The summed E-state index contributed by atoms with van der Waals surface area (Å²) in [5.41, 5.74) is 1.37. The molecule has 0 N–H and O–H groups in total. The van der Waals surface area contributed by atoms with Crippen molar-refractivity contribution in [3.05, 3.63) is 41.7 Å². The second-order valence-corrected chi connectivity index (χ2v) is 7.82. The molecule has 1 amide bonds. The lowest BCUT2D eigenvalue weighted by atomic mass is 9.73. The molecule has 1 atom stereocenters. The molecule has 6 heteroatoms. The molecular weight excluding hydrogens is 320 g/mol. The van der Waals surface area contributed by atoms with Gasteiger partial charge in [-0.15, -0.1) is 11.3 Å². The van der Waals surface area contributed by atoms with E-state index in [0.717, 1.165) is 36.8 Å². The molecule has 5 nitrogen and oxygen atoms in total. The smallest absolute Gasteiger partial charge is 0.222 e. The summed E-state index contributed by atoms with van der Waals surface area (Å²) in [6, 6.07) is 3.99. The number of pyridine rings is 1. The van der Waals surface area contributed by atoms with Crippen LogP contribution in [0.5, 0.6) is 0 Å². The van der Waals surface area contributed by atoms with Gasteiger partial charge >= 0.3 is 0 Å². The van der Waals surface area contributed by atoms with Crippen LogP contribution in [0.2, 0.25) is 0 Å². The molecule has 0 aliphatic carbocycles. The Kier molecular flexibility index (Phi) is 4.22. The van der Waals surface area contributed by atoms with Gasteiger partial charge in [-0.1, -0.05) is 0 Å².